The molecule has 1 aromatic carbocycles. The number of carbonyl (C=O) groups excluding carboxylic acids is 1. The van der Waals surface area contributed by atoms with Crippen LogP contribution in [0.5, 0.6) is 0 Å². The fourth-order valence-electron chi connectivity index (χ4n) is 2.89. The lowest BCUT2D eigenvalue weighted by Crippen LogP contribution is -2.47. The summed E-state index contributed by atoms with van der Waals surface area (Å²) in [7, 11) is 0. The smallest absolute Gasteiger partial charge is 0.237 e. The van der Waals surface area contributed by atoms with Gasteiger partial charge in [-0.15, -0.1) is 0 Å². The molecule has 3 heteroatoms. The first-order valence-corrected chi connectivity index (χ1v) is 8.00. The molecule has 21 heavy (non-hydrogen) atoms. The molecule has 0 saturated heterocycles. The highest BCUT2D eigenvalue weighted by Crippen LogP contribution is 2.28. The first-order chi connectivity index (χ1) is 9.88. The number of rotatable bonds is 7. The van der Waals surface area contributed by atoms with Crippen LogP contribution in [-0.2, 0) is 10.2 Å². The molecule has 1 fully saturated rings. The van der Waals surface area contributed by atoms with Crippen molar-refractivity contribution in [1.82, 2.24) is 10.6 Å². The Balaban J connectivity index is 1.85. The van der Waals surface area contributed by atoms with Crippen molar-refractivity contribution in [3.05, 3.63) is 35.9 Å². The van der Waals surface area contributed by atoms with Crippen molar-refractivity contribution in [3.8, 4) is 0 Å². The van der Waals surface area contributed by atoms with E-state index >= 15 is 0 Å². The van der Waals surface area contributed by atoms with Crippen LogP contribution in [0.3, 0.4) is 0 Å². The monoisotopic (exact) mass is 288 g/mol. The third kappa shape index (κ3) is 4.85. The average molecular weight is 288 g/mol. The number of nitrogens with one attached hydrogen (secondary N) is 2. The summed E-state index contributed by atoms with van der Waals surface area (Å²) in [5.41, 5.74) is 1.44. The van der Waals surface area contributed by atoms with E-state index in [2.05, 4.69) is 55.7 Å². The van der Waals surface area contributed by atoms with Gasteiger partial charge in [0.25, 0.3) is 0 Å². The molecular formula is C18H28N2O. The third-order valence-electron chi connectivity index (χ3n) is 4.22. The predicted molar refractivity (Wildman–Crippen MR) is 87.3 cm³/mol. The number of hydrogen-bond donors (Lipinski definition) is 2. The summed E-state index contributed by atoms with van der Waals surface area (Å²) >= 11 is 0. The van der Waals surface area contributed by atoms with Gasteiger partial charge in [-0.25, -0.2) is 0 Å². The SMILES string of the molecule is CC(CC(C)(C)c1ccccc1)NC(C)C(=O)NC1CC1. The Morgan fingerprint density at radius 3 is 2.43 bits per heavy atom. The van der Waals surface area contributed by atoms with Crippen molar-refractivity contribution in [2.75, 3.05) is 0 Å². The summed E-state index contributed by atoms with van der Waals surface area (Å²) < 4.78 is 0. The molecule has 0 spiro atoms. The number of amides is 1. The summed E-state index contributed by atoms with van der Waals surface area (Å²) in [5.74, 6) is 0.127. The highest BCUT2D eigenvalue weighted by atomic mass is 16.2. The normalized spacial score (nSPS) is 18.1. The maximum absolute atomic E-state index is 12.0. The summed E-state index contributed by atoms with van der Waals surface area (Å²) in [5, 5.41) is 6.48. The molecule has 1 aliphatic carbocycles. The molecule has 0 aromatic heterocycles. The van der Waals surface area contributed by atoms with Crippen LogP contribution < -0.4 is 10.6 Å². The van der Waals surface area contributed by atoms with Crippen molar-refractivity contribution in [2.45, 2.75) is 70.5 Å². The summed E-state index contributed by atoms with van der Waals surface area (Å²) in [6.07, 6.45) is 3.27. The van der Waals surface area contributed by atoms with E-state index in [1.165, 1.54) is 5.56 Å². The van der Waals surface area contributed by atoms with Crippen LogP contribution in [0.2, 0.25) is 0 Å². The largest absolute Gasteiger partial charge is 0.352 e. The summed E-state index contributed by atoms with van der Waals surface area (Å²) in [4.78, 5) is 12.0. The topological polar surface area (TPSA) is 41.1 Å². The molecule has 2 rings (SSSR count). The Morgan fingerprint density at radius 1 is 1.24 bits per heavy atom. The Morgan fingerprint density at radius 2 is 1.86 bits per heavy atom. The van der Waals surface area contributed by atoms with E-state index in [-0.39, 0.29) is 17.4 Å². The van der Waals surface area contributed by atoms with Crippen molar-refractivity contribution in [3.63, 3.8) is 0 Å². The van der Waals surface area contributed by atoms with Crippen LogP contribution in [0.15, 0.2) is 30.3 Å². The van der Waals surface area contributed by atoms with Gasteiger partial charge in [0.05, 0.1) is 6.04 Å². The van der Waals surface area contributed by atoms with E-state index in [9.17, 15) is 4.79 Å². The van der Waals surface area contributed by atoms with Gasteiger partial charge in [-0.2, -0.15) is 0 Å². The Kier molecular flexibility index (Phi) is 5.04. The van der Waals surface area contributed by atoms with Gasteiger partial charge in [0.2, 0.25) is 5.91 Å². The molecule has 2 atom stereocenters. The van der Waals surface area contributed by atoms with Crippen LogP contribution >= 0.6 is 0 Å². The molecule has 1 aliphatic rings. The Hall–Kier alpha value is -1.35. The molecule has 1 aromatic rings. The molecule has 0 radical (unpaired) electrons. The van der Waals surface area contributed by atoms with Gasteiger partial charge in [0.1, 0.15) is 0 Å². The molecule has 1 amide bonds. The fraction of sp³-hybridized carbons (Fsp3) is 0.611. The van der Waals surface area contributed by atoms with Crippen LogP contribution in [0.1, 0.15) is 52.5 Å². The van der Waals surface area contributed by atoms with Gasteiger partial charge >= 0.3 is 0 Å². The quantitative estimate of drug-likeness (QED) is 0.810. The van der Waals surface area contributed by atoms with Gasteiger partial charge < -0.3 is 10.6 Å². The van der Waals surface area contributed by atoms with Gasteiger partial charge in [-0.05, 0) is 44.1 Å². The lowest BCUT2D eigenvalue weighted by Gasteiger charge is -2.30. The molecular weight excluding hydrogens is 260 g/mol. The lowest BCUT2D eigenvalue weighted by molar-refractivity contribution is -0.123. The molecule has 116 valence electrons. The van der Waals surface area contributed by atoms with Gasteiger partial charge in [-0.3, -0.25) is 4.79 Å². The maximum atomic E-state index is 12.0. The van der Waals surface area contributed by atoms with Crippen molar-refractivity contribution in [1.29, 1.82) is 0 Å². The Labute approximate surface area is 128 Å². The van der Waals surface area contributed by atoms with Crippen LogP contribution in [0.25, 0.3) is 0 Å². The standard InChI is InChI=1S/C18H28N2O/c1-13(19-14(2)17(21)20-16-10-11-16)12-18(3,4)15-8-6-5-7-9-15/h5-9,13-14,16,19H,10-12H2,1-4H3,(H,20,21). The summed E-state index contributed by atoms with van der Waals surface area (Å²) in [6, 6.07) is 11.2. The molecule has 2 unspecified atom stereocenters. The van der Waals surface area contributed by atoms with E-state index in [4.69, 9.17) is 0 Å². The molecule has 1 saturated carbocycles. The highest BCUT2D eigenvalue weighted by molar-refractivity contribution is 5.81. The van der Waals surface area contributed by atoms with E-state index in [0.29, 0.717) is 12.1 Å². The average Bonchev–Trinajstić information content (AvgIpc) is 3.22. The highest BCUT2D eigenvalue weighted by Gasteiger charge is 2.28. The van der Waals surface area contributed by atoms with E-state index in [0.717, 1.165) is 19.3 Å². The molecule has 0 aliphatic heterocycles. The minimum Gasteiger partial charge on any atom is -0.352 e. The van der Waals surface area contributed by atoms with Crippen molar-refractivity contribution >= 4 is 5.91 Å². The number of carbonyl (C=O) groups is 1. The minimum atomic E-state index is -0.132. The maximum Gasteiger partial charge on any atom is 0.237 e. The molecule has 0 heterocycles. The van der Waals surface area contributed by atoms with Crippen molar-refractivity contribution in [2.24, 2.45) is 0 Å². The lowest BCUT2D eigenvalue weighted by atomic mass is 9.79. The van der Waals surface area contributed by atoms with Crippen molar-refractivity contribution < 1.29 is 4.79 Å². The third-order valence-corrected chi connectivity index (χ3v) is 4.22. The van der Waals surface area contributed by atoms with Crippen LogP contribution in [0, 0.1) is 0 Å². The zero-order chi connectivity index (χ0) is 15.5. The van der Waals surface area contributed by atoms with E-state index in [1.807, 2.05) is 13.0 Å². The van der Waals surface area contributed by atoms with E-state index < -0.39 is 0 Å². The minimum absolute atomic E-state index is 0.0976. The molecule has 3 nitrogen and oxygen atoms in total. The first kappa shape index (κ1) is 16.0. The number of hydrogen-bond acceptors (Lipinski definition) is 2. The second-order valence-corrected chi connectivity index (χ2v) is 7.03. The zero-order valence-corrected chi connectivity index (χ0v) is 13.6. The predicted octanol–water partition coefficient (Wildman–Crippen LogP) is 3.00. The zero-order valence-electron chi connectivity index (χ0n) is 13.6. The second kappa shape index (κ2) is 6.61. The molecule has 0 bridgehead atoms. The van der Waals surface area contributed by atoms with Crippen LogP contribution in [0.4, 0.5) is 0 Å². The van der Waals surface area contributed by atoms with Gasteiger partial charge in [0.15, 0.2) is 0 Å². The second-order valence-electron chi connectivity index (χ2n) is 7.03. The van der Waals surface area contributed by atoms with Crippen LogP contribution in [-0.4, -0.2) is 24.0 Å². The molecule has 2 N–H and O–H groups in total. The number of benzene rings is 1. The van der Waals surface area contributed by atoms with E-state index in [1.54, 1.807) is 0 Å². The Bertz CT molecular complexity index is 465. The van der Waals surface area contributed by atoms with Gasteiger partial charge in [0, 0.05) is 12.1 Å². The summed E-state index contributed by atoms with van der Waals surface area (Å²) in [6.45, 7) is 8.63. The van der Waals surface area contributed by atoms with Gasteiger partial charge in [-0.1, -0.05) is 44.2 Å². The fourth-order valence-corrected chi connectivity index (χ4v) is 2.89. The first-order valence-electron chi connectivity index (χ1n) is 8.00.